The standard InChI is InChI=1S/C13H12.2C2H6/c1-10-7-8-11(2)13(9-10)12-5-3-4-6-12;2*1-2/h3,5-9H,1-2H3;2*1-2H3. The number of hydrogen-bond acceptors (Lipinski definition) is 0. The molecule has 17 heavy (non-hydrogen) atoms. The molecule has 1 aliphatic rings. The minimum absolute atomic E-state index is 1.27. The zero-order valence-corrected chi connectivity index (χ0v) is 12.0. The molecule has 2 rings (SSSR count). The van der Waals surface area contributed by atoms with Crippen LogP contribution in [0.5, 0.6) is 0 Å². The number of allylic oxidation sites excluding steroid dienone is 3. The molecule has 0 saturated heterocycles. The van der Waals surface area contributed by atoms with E-state index in [1.807, 2.05) is 39.8 Å². The normalized spacial score (nSPS) is 11.1. The highest BCUT2D eigenvalue weighted by atomic mass is 14.1. The van der Waals surface area contributed by atoms with Crippen molar-refractivity contribution in [2.75, 3.05) is 0 Å². The molecule has 0 amide bonds. The van der Waals surface area contributed by atoms with Gasteiger partial charge in [0.25, 0.3) is 0 Å². The first kappa shape index (κ1) is 15.5. The zero-order valence-electron chi connectivity index (χ0n) is 12.0. The predicted molar refractivity (Wildman–Crippen MR) is 79.2 cm³/mol. The average Bonchev–Trinajstić information content (AvgIpc) is 2.91. The summed E-state index contributed by atoms with van der Waals surface area (Å²) >= 11 is 0. The first-order chi connectivity index (χ1) is 8.27. The molecule has 0 N–H and O–H groups in total. The van der Waals surface area contributed by atoms with Gasteiger partial charge in [0.15, 0.2) is 0 Å². The second-order valence-corrected chi connectivity index (χ2v) is 3.42. The Labute approximate surface area is 106 Å². The Morgan fingerprint density at radius 2 is 1.59 bits per heavy atom. The van der Waals surface area contributed by atoms with Gasteiger partial charge in [0.2, 0.25) is 0 Å². The Bertz CT molecular complexity index is 427. The SMILES string of the molecule is CC.CC.Cc1ccc(C)c(C2=CC=C=C2)c1. The first-order valence-electron chi connectivity index (χ1n) is 6.48. The molecule has 0 heteroatoms. The van der Waals surface area contributed by atoms with Crippen molar-refractivity contribution in [3.05, 3.63) is 58.8 Å². The van der Waals surface area contributed by atoms with E-state index in [2.05, 4.69) is 43.9 Å². The molecule has 0 unspecified atom stereocenters. The lowest BCUT2D eigenvalue weighted by atomic mass is 9.99. The molecule has 0 aromatic heterocycles. The van der Waals surface area contributed by atoms with E-state index in [1.165, 1.54) is 22.3 Å². The van der Waals surface area contributed by atoms with E-state index < -0.39 is 0 Å². The molecule has 1 aromatic rings. The molecular formula is C17H24. The predicted octanol–water partition coefficient (Wildman–Crippen LogP) is 5.46. The van der Waals surface area contributed by atoms with Gasteiger partial charge in [0, 0.05) is 0 Å². The van der Waals surface area contributed by atoms with Crippen molar-refractivity contribution in [2.24, 2.45) is 0 Å². The van der Waals surface area contributed by atoms with E-state index in [9.17, 15) is 0 Å². The summed E-state index contributed by atoms with van der Waals surface area (Å²) in [6.45, 7) is 12.3. The van der Waals surface area contributed by atoms with Crippen LogP contribution in [0.15, 0.2) is 42.2 Å². The summed E-state index contributed by atoms with van der Waals surface area (Å²) in [5.74, 6) is 0. The van der Waals surface area contributed by atoms with Crippen molar-refractivity contribution >= 4 is 5.57 Å². The van der Waals surface area contributed by atoms with Gasteiger partial charge in [0.1, 0.15) is 0 Å². The van der Waals surface area contributed by atoms with Gasteiger partial charge in [-0.15, -0.1) is 5.73 Å². The molecule has 0 aliphatic heterocycles. The van der Waals surface area contributed by atoms with Crippen LogP contribution in [0.4, 0.5) is 0 Å². The minimum atomic E-state index is 1.27. The summed E-state index contributed by atoms with van der Waals surface area (Å²) < 4.78 is 0. The third kappa shape index (κ3) is 4.46. The fourth-order valence-corrected chi connectivity index (χ4v) is 1.54. The Kier molecular flexibility index (Phi) is 7.84. The van der Waals surface area contributed by atoms with Gasteiger partial charge in [-0.25, -0.2) is 0 Å². The average molecular weight is 228 g/mol. The Hall–Kier alpha value is -1.52. The maximum absolute atomic E-state index is 3.07. The van der Waals surface area contributed by atoms with Crippen LogP contribution in [0, 0.1) is 13.8 Å². The van der Waals surface area contributed by atoms with Crippen molar-refractivity contribution in [1.82, 2.24) is 0 Å². The van der Waals surface area contributed by atoms with Crippen LogP contribution in [0.1, 0.15) is 44.4 Å². The molecule has 0 saturated carbocycles. The summed E-state index contributed by atoms with van der Waals surface area (Å²) in [6.07, 6.45) is 6.08. The highest BCUT2D eigenvalue weighted by Gasteiger charge is 2.03. The van der Waals surface area contributed by atoms with Crippen LogP contribution in [0.25, 0.3) is 5.57 Å². The van der Waals surface area contributed by atoms with Gasteiger partial charge in [-0.05, 0) is 48.8 Å². The second-order valence-electron chi connectivity index (χ2n) is 3.42. The smallest absolute Gasteiger partial charge is 0.00979 e. The Morgan fingerprint density at radius 1 is 0.941 bits per heavy atom. The van der Waals surface area contributed by atoms with Crippen molar-refractivity contribution in [1.29, 1.82) is 0 Å². The number of aryl methyl sites for hydroxylation is 2. The molecule has 1 aliphatic carbocycles. The number of benzene rings is 1. The van der Waals surface area contributed by atoms with Gasteiger partial charge in [0.05, 0.1) is 0 Å². The second kappa shape index (κ2) is 8.61. The van der Waals surface area contributed by atoms with Crippen LogP contribution in [-0.2, 0) is 0 Å². The zero-order chi connectivity index (χ0) is 13.3. The topological polar surface area (TPSA) is 0 Å². The number of rotatable bonds is 1. The fourth-order valence-electron chi connectivity index (χ4n) is 1.54. The van der Waals surface area contributed by atoms with Crippen LogP contribution >= 0.6 is 0 Å². The molecule has 0 fully saturated rings. The van der Waals surface area contributed by atoms with E-state index in [0.29, 0.717) is 0 Å². The molecule has 0 radical (unpaired) electrons. The number of hydrogen-bond donors (Lipinski definition) is 0. The summed E-state index contributed by atoms with van der Waals surface area (Å²) in [5.41, 5.74) is 8.29. The van der Waals surface area contributed by atoms with E-state index in [4.69, 9.17) is 0 Å². The third-order valence-electron chi connectivity index (χ3n) is 2.30. The lowest BCUT2D eigenvalue weighted by Crippen LogP contribution is -1.86. The van der Waals surface area contributed by atoms with Gasteiger partial charge in [-0.1, -0.05) is 51.5 Å². The summed E-state index contributed by atoms with van der Waals surface area (Å²) in [4.78, 5) is 0. The quantitative estimate of drug-likeness (QED) is 0.559. The third-order valence-corrected chi connectivity index (χ3v) is 2.30. The molecule has 0 bridgehead atoms. The van der Waals surface area contributed by atoms with E-state index in [-0.39, 0.29) is 0 Å². The molecule has 0 heterocycles. The molecular weight excluding hydrogens is 204 g/mol. The maximum atomic E-state index is 3.07. The Morgan fingerprint density at radius 3 is 2.12 bits per heavy atom. The van der Waals surface area contributed by atoms with Crippen LogP contribution in [-0.4, -0.2) is 0 Å². The molecule has 92 valence electrons. The maximum Gasteiger partial charge on any atom is -0.00979 e. The van der Waals surface area contributed by atoms with Gasteiger partial charge in [-0.3, -0.25) is 0 Å². The van der Waals surface area contributed by atoms with Crippen molar-refractivity contribution in [3.8, 4) is 0 Å². The van der Waals surface area contributed by atoms with Gasteiger partial charge < -0.3 is 0 Å². The summed E-state index contributed by atoms with van der Waals surface area (Å²) in [5, 5.41) is 0. The van der Waals surface area contributed by atoms with E-state index >= 15 is 0 Å². The molecule has 0 spiro atoms. The highest BCUT2D eigenvalue weighted by Crippen LogP contribution is 2.23. The van der Waals surface area contributed by atoms with Crippen molar-refractivity contribution in [2.45, 2.75) is 41.5 Å². The molecule has 0 nitrogen and oxygen atoms in total. The largest absolute Gasteiger partial charge is 0.120 e. The lowest BCUT2D eigenvalue weighted by Gasteiger charge is -2.05. The van der Waals surface area contributed by atoms with Crippen molar-refractivity contribution in [3.63, 3.8) is 0 Å². The Balaban J connectivity index is 0.000000581. The van der Waals surface area contributed by atoms with E-state index in [1.54, 1.807) is 0 Å². The summed E-state index contributed by atoms with van der Waals surface area (Å²) in [7, 11) is 0. The fraction of sp³-hybridized carbons (Fsp3) is 0.353. The van der Waals surface area contributed by atoms with Gasteiger partial charge >= 0.3 is 0 Å². The van der Waals surface area contributed by atoms with Gasteiger partial charge in [-0.2, -0.15) is 0 Å². The molecule has 1 aromatic carbocycles. The molecule has 0 atom stereocenters. The highest BCUT2D eigenvalue weighted by molar-refractivity contribution is 5.79. The van der Waals surface area contributed by atoms with Crippen LogP contribution in [0.2, 0.25) is 0 Å². The van der Waals surface area contributed by atoms with E-state index in [0.717, 1.165) is 0 Å². The minimum Gasteiger partial charge on any atom is -0.120 e. The monoisotopic (exact) mass is 228 g/mol. The van der Waals surface area contributed by atoms with Crippen LogP contribution < -0.4 is 0 Å². The van der Waals surface area contributed by atoms with Crippen LogP contribution in [0.3, 0.4) is 0 Å². The summed E-state index contributed by atoms with van der Waals surface area (Å²) in [6, 6.07) is 6.53. The van der Waals surface area contributed by atoms with Crippen molar-refractivity contribution < 1.29 is 0 Å². The first-order valence-corrected chi connectivity index (χ1v) is 6.48. The lowest BCUT2D eigenvalue weighted by molar-refractivity contribution is 1.37.